The van der Waals surface area contributed by atoms with Gasteiger partial charge in [-0.15, -0.1) is 0 Å². The average Bonchev–Trinajstić information content (AvgIpc) is 2.38. The summed E-state index contributed by atoms with van der Waals surface area (Å²) in [5.74, 6) is 1.34. The molecule has 1 atom stereocenters. The van der Waals surface area contributed by atoms with Gasteiger partial charge in [0, 0.05) is 12.7 Å². The minimum atomic E-state index is 0.142. The first kappa shape index (κ1) is 14.8. The van der Waals surface area contributed by atoms with E-state index in [1.54, 1.807) is 7.11 Å². The van der Waals surface area contributed by atoms with E-state index in [0.29, 0.717) is 5.92 Å². The van der Waals surface area contributed by atoms with E-state index >= 15 is 0 Å². The second-order valence-electron chi connectivity index (χ2n) is 4.95. The molecule has 1 aromatic rings. The molecule has 0 aliphatic heterocycles. The number of ether oxygens (including phenoxy) is 1. The topological polar surface area (TPSA) is 32.7 Å². The predicted octanol–water partition coefficient (Wildman–Crippen LogP) is 2.71. The number of anilines is 1. The highest BCUT2D eigenvalue weighted by atomic mass is 16.5. The molecule has 0 bridgehead atoms. The number of benzene rings is 1. The molecule has 0 saturated carbocycles. The molecule has 0 heterocycles. The highest BCUT2D eigenvalue weighted by Crippen LogP contribution is 2.27. The van der Waals surface area contributed by atoms with Crippen molar-refractivity contribution in [1.82, 2.24) is 0 Å². The van der Waals surface area contributed by atoms with Crippen molar-refractivity contribution in [2.24, 2.45) is 5.92 Å². The summed E-state index contributed by atoms with van der Waals surface area (Å²) in [6.07, 6.45) is 0.941. The molecule has 0 aliphatic rings. The number of methoxy groups -OCH3 is 1. The van der Waals surface area contributed by atoms with Crippen LogP contribution in [0.25, 0.3) is 0 Å². The molecular weight excluding hydrogens is 226 g/mol. The Hall–Kier alpha value is -1.22. The molecule has 1 unspecified atom stereocenters. The fourth-order valence-electron chi connectivity index (χ4n) is 2.23. The number of hydrogen-bond acceptors (Lipinski definition) is 3. The smallest absolute Gasteiger partial charge is 0.122 e. The van der Waals surface area contributed by atoms with Crippen molar-refractivity contribution in [3.63, 3.8) is 0 Å². The van der Waals surface area contributed by atoms with Crippen molar-refractivity contribution in [3.8, 4) is 5.75 Å². The van der Waals surface area contributed by atoms with Crippen LogP contribution in [0, 0.1) is 5.92 Å². The third-order valence-electron chi connectivity index (χ3n) is 3.51. The Balaban J connectivity index is 3.02. The summed E-state index contributed by atoms with van der Waals surface area (Å²) in [7, 11) is 3.73. The molecule has 1 aromatic carbocycles. The molecule has 3 heteroatoms. The van der Waals surface area contributed by atoms with Gasteiger partial charge in [-0.25, -0.2) is 0 Å². The standard InChI is InChI=1S/C15H25NO2/c1-6-12-9-13(7-8-15(12)18-5)16(4)14(10-17)11(2)3/h7-9,11,14,17H,6,10H2,1-5H3. The van der Waals surface area contributed by atoms with E-state index in [9.17, 15) is 5.11 Å². The van der Waals surface area contributed by atoms with Crippen LogP contribution in [-0.2, 0) is 6.42 Å². The molecule has 0 amide bonds. The highest BCUT2D eigenvalue weighted by Gasteiger charge is 2.18. The van der Waals surface area contributed by atoms with E-state index < -0.39 is 0 Å². The molecule has 1 N–H and O–H groups in total. The summed E-state index contributed by atoms with van der Waals surface area (Å²) in [5.41, 5.74) is 2.32. The predicted molar refractivity (Wildman–Crippen MR) is 76.5 cm³/mol. The lowest BCUT2D eigenvalue weighted by molar-refractivity contribution is 0.234. The van der Waals surface area contributed by atoms with Crippen LogP contribution >= 0.6 is 0 Å². The monoisotopic (exact) mass is 251 g/mol. The lowest BCUT2D eigenvalue weighted by Crippen LogP contribution is -2.38. The van der Waals surface area contributed by atoms with E-state index in [2.05, 4.69) is 31.7 Å². The van der Waals surface area contributed by atoms with Gasteiger partial charge in [0.2, 0.25) is 0 Å². The zero-order valence-electron chi connectivity index (χ0n) is 12.1. The van der Waals surface area contributed by atoms with Crippen molar-refractivity contribution >= 4 is 5.69 Å². The fraction of sp³-hybridized carbons (Fsp3) is 0.600. The van der Waals surface area contributed by atoms with Crippen molar-refractivity contribution in [2.45, 2.75) is 33.2 Å². The molecule has 0 aromatic heterocycles. The second-order valence-corrected chi connectivity index (χ2v) is 4.95. The Morgan fingerprint density at radius 2 is 2.00 bits per heavy atom. The van der Waals surface area contributed by atoms with Crippen molar-refractivity contribution in [2.75, 3.05) is 25.7 Å². The van der Waals surface area contributed by atoms with Gasteiger partial charge in [-0.1, -0.05) is 20.8 Å². The zero-order valence-corrected chi connectivity index (χ0v) is 12.1. The van der Waals surface area contributed by atoms with Gasteiger partial charge < -0.3 is 14.7 Å². The van der Waals surface area contributed by atoms with E-state index in [1.165, 1.54) is 5.56 Å². The minimum absolute atomic E-state index is 0.142. The van der Waals surface area contributed by atoms with Crippen LogP contribution in [0.1, 0.15) is 26.3 Å². The Labute approximate surface area is 110 Å². The summed E-state index contributed by atoms with van der Waals surface area (Å²) < 4.78 is 5.34. The van der Waals surface area contributed by atoms with Crippen LogP contribution in [0.4, 0.5) is 5.69 Å². The van der Waals surface area contributed by atoms with Crippen LogP contribution in [0.15, 0.2) is 18.2 Å². The van der Waals surface area contributed by atoms with E-state index in [4.69, 9.17) is 4.74 Å². The Bertz CT molecular complexity index is 377. The first-order chi connectivity index (χ1) is 8.54. The van der Waals surface area contributed by atoms with Crippen molar-refractivity contribution in [3.05, 3.63) is 23.8 Å². The number of nitrogens with zero attached hydrogens (tertiary/aromatic N) is 1. The van der Waals surface area contributed by atoms with Gasteiger partial charge in [-0.3, -0.25) is 0 Å². The minimum Gasteiger partial charge on any atom is -0.496 e. The first-order valence-electron chi connectivity index (χ1n) is 6.55. The molecule has 102 valence electrons. The molecule has 0 fully saturated rings. The largest absolute Gasteiger partial charge is 0.496 e. The normalized spacial score (nSPS) is 12.6. The van der Waals surface area contributed by atoms with E-state index in [-0.39, 0.29) is 12.6 Å². The SMILES string of the molecule is CCc1cc(N(C)C(CO)C(C)C)ccc1OC. The quantitative estimate of drug-likeness (QED) is 0.844. The summed E-state index contributed by atoms with van der Waals surface area (Å²) in [6, 6.07) is 6.33. The van der Waals surface area contributed by atoms with Crippen molar-refractivity contribution in [1.29, 1.82) is 0 Å². The summed E-state index contributed by atoms with van der Waals surface area (Å²) in [6.45, 7) is 6.54. The molecule has 3 nitrogen and oxygen atoms in total. The molecule has 1 rings (SSSR count). The summed E-state index contributed by atoms with van der Waals surface area (Å²) in [4.78, 5) is 2.14. The Kier molecular flexibility index (Phi) is 5.48. The average molecular weight is 251 g/mol. The fourth-order valence-corrected chi connectivity index (χ4v) is 2.23. The van der Waals surface area contributed by atoms with Crippen LogP contribution in [0.3, 0.4) is 0 Å². The number of rotatable bonds is 6. The zero-order chi connectivity index (χ0) is 13.7. The van der Waals surface area contributed by atoms with Gasteiger partial charge in [0.1, 0.15) is 5.75 Å². The summed E-state index contributed by atoms with van der Waals surface area (Å²) in [5, 5.41) is 9.49. The number of hydrogen-bond donors (Lipinski definition) is 1. The molecule has 0 saturated heterocycles. The number of aryl methyl sites for hydroxylation is 1. The van der Waals surface area contributed by atoms with Gasteiger partial charge in [0.15, 0.2) is 0 Å². The molecule has 0 radical (unpaired) electrons. The van der Waals surface area contributed by atoms with Gasteiger partial charge in [-0.2, -0.15) is 0 Å². The van der Waals surface area contributed by atoms with Gasteiger partial charge in [0.05, 0.1) is 19.8 Å². The second kappa shape index (κ2) is 6.64. The first-order valence-corrected chi connectivity index (χ1v) is 6.55. The number of likely N-dealkylation sites (N-methyl/N-ethyl adjacent to an activating group) is 1. The van der Waals surface area contributed by atoms with Gasteiger partial charge in [0.25, 0.3) is 0 Å². The molecule has 0 aliphatic carbocycles. The lowest BCUT2D eigenvalue weighted by Gasteiger charge is -2.32. The maximum atomic E-state index is 9.49. The lowest BCUT2D eigenvalue weighted by atomic mass is 10.0. The number of aliphatic hydroxyl groups is 1. The Morgan fingerprint density at radius 3 is 2.44 bits per heavy atom. The van der Waals surface area contributed by atoms with Gasteiger partial charge >= 0.3 is 0 Å². The van der Waals surface area contributed by atoms with Crippen molar-refractivity contribution < 1.29 is 9.84 Å². The molecule has 0 spiro atoms. The maximum Gasteiger partial charge on any atom is 0.122 e. The van der Waals surface area contributed by atoms with Crippen LogP contribution in [0.2, 0.25) is 0 Å². The highest BCUT2D eigenvalue weighted by molar-refractivity contribution is 5.53. The van der Waals surface area contributed by atoms with Gasteiger partial charge in [-0.05, 0) is 36.1 Å². The van der Waals surface area contributed by atoms with Crippen LogP contribution in [-0.4, -0.2) is 31.9 Å². The Morgan fingerprint density at radius 1 is 1.33 bits per heavy atom. The third-order valence-corrected chi connectivity index (χ3v) is 3.51. The van der Waals surface area contributed by atoms with Crippen LogP contribution < -0.4 is 9.64 Å². The maximum absolute atomic E-state index is 9.49. The number of aliphatic hydroxyl groups excluding tert-OH is 1. The third kappa shape index (κ3) is 3.16. The van der Waals surface area contributed by atoms with E-state index in [0.717, 1.165) is 17.9 Å². The molecular formula is C15H25NO2. The summed E-state index contributed by atoms with van der Waals surface area (Å²) >= 11 is 0. The molecule has 18 heavy (non-hydrogen) atoms. The van der Waals surface area contributed by atoms with Crippen LogP contribution in [0.5, 0.6) is 5.75 Å². The van der Waals surface area contributed by atoms with E-state index in [1.807, 2.05) is 19.2 Å².